The van der Waals surface area contributed by atoms with Gasteiger partial charge < -0.3 is 102 Å². The number of rotatable bonds is 38. The van der Waals surface area contributed by atoms with Crippen LogP contribution in [0, 0.1) is 5.92 Å². The van der Waals surface area contributed by atoms with Gasteiger partial charge in [-0.15, -0.1) is 0 Å². The number of carbonyl (C=O) groups is 16. The number of carboxylic acids is 10. The number of carboxylic acid groups (broad SMARTS) is 10. The van der Waals surface area contributed by atoms with Crippen LogP contribution in [0.5, 0.6) is 0 Å². The predicted molar refractivity (Wildman–Crippen MR) is 298 cm³/mol. The van der Waals surface area contributed by atoms with E-state index in [-0.39, 0.29) is 132 Å². The molecular weight excluding hydrogens is 1170 g/mol. The number of urea groups is 2. The lowest BCUT2D eigenvalue weighted by Gasteiger charge is -2.20. The molecular formula is C45H83N6O28PS2. The summed E-state index contributed by atoms with van der Waals surface area (Å²) in [7, 11) is -3.71. The van der Waals surface area contributed by atoms with Crippen LogP contribution in [0.25, 0.3) is 0 Å². The summed E-state index contributed by atoms with van der Waals surface area (Å²) in [6.07, 6.45) is -3.48. The van der Waals surface area contributed by atoms with Gasteiger partial charge in [0.25, 0.3) is 0 Å². The zero-order valence-electron chi connectivity index (χ0n) is 44.7. The number of Topliss-reactive ketones (excluding diaryl/α,β-unsaturated/α-hetero) is 4. The molecule has 0 aromatic rings. The maximum Gasteiger partial charge on any atom is 0.326 e. The quantitative estimate of drug-likeness (QED) is 0.0234. The molecule has 4 amide bonds. The van der Waals surface area contributed by atoms with Crippen molar-refractivity contribution >= 4 is 132 Å². The van der Waals surface area contributed by atoms with Gasteiger partial charge in [-0.1, -0.05) is 0 Å². The van der Waals surface area contributed by atoms with Crippen molar-refractivity contribution in [2.24, 2.45) is 5.92 Å². The van der Waals surface area contributed by atoms with E-state index in [0.29, 0.717) is 0 Å². The van der Waals surface area contributed by atoms with Gasteiger partial charge in [0.2, 0.25) is 7.37 Å². The molecule has 0 aromatic heterocycles. The fourth-order valence-corrected chi connectivity index (χ4v) is 8.13. The van der Waals surface area contributed by atoms with Crippen LogP contribution in [0.15, 0.2) is 0 Å². The van der Waals surface area contributed by atoms with Crippen molar-refractivity contribution in [2.45, 2.75) is 154 Å². The van der Waals surface area contributed by atoms with Crippen molar-refractivity contribution < 1.29 is 146 Å². The van der Waals surface area contributed by atoms with E-state index >= 15 is 0 Å². The van der Waals surface area contributed by atoms with Gasteiger partial charge in [0.1, 0.15) is 53.3 Å². The van der Waals surface area contributed by atoms with Crippen LogP contribution in [-0.4, -0.2) is 210 Å². The highest BCUT2D eigenvalue weighted by Gasteiger charge is 2.30. The molecule has 0 saturated heterocycles. The third-order valence-corrected chi connectivity index (χ3v) is 12.6. The molecule has 0 aliphatic carbocycles. The van der Waals surface area contributed by atoms with Crippen molar-refractivity contribution in [1.29, 1.82) is 0 Å². The largest absolute Gasteiger partial charge is 0.481 e. The minimum atomic E-state index is -3.71. The second kappa shape index (κ2) is 43.9. The second-order valence-electron chi connectivity index (χ2n) is 17.5. The van der Waals surface area contributed by atoms with E-state index in [1.165, 1.54) is 27.7 Å². The summed E-state index contributed by atoms with van der Waals surface area (Å²) in [6.45, 7) is 5.23. The summed E-state index contributed by atoms with van der Waals surface area (Å²) in [4.78, 5) is 183. The smallest absolute Gasteiger partial charge is 0.326 e. The Kier molecular flexibility index (Phi) is 43.2. The Labute approximate surface area is 486 Å². The van der Waals surface area contributed by atoms with Gasteiger partial charge in [0, 0.05) is 84.0 Å². The summed E-state index contributed by atoms with van der Waals surface area (Å²) in [5, 5.41) is 100. The fourth-order valence-electron chi connectivity index (χ4n) is 5.75. The highest BCUT2D eigenvalue weighted by Crippen LogP contribution is 2.44. The Morgan fingerprint density at radius 3 is 0.951 bits per heavy atom. The normalized spacial score (nSPS) is 13.5. The molecule has 37 heteroatoms. The molecule has 0 spiro atoms. The Morgan fingerprint density at radius 2 is 0.695 bits per heavy atom. The summed E-state index contributed by atoms with van der Waals surface area (Å²) in [5.74, 6) is -14.4. The van der Waals surface area contributed by atoms with E-state index in [4.69, 9.17) is 63.3 Å². The molecule has 0 aliphatic rings. The molecule has 34 nitrogen and oxygen atoms in total. The van der Waals surface area contributed by atoms with Crippen LogP contribution in [0.2, 0.25) is 0 Å². The van der Waals surface area contributed by atoms with Gasteiger partial charge in [0.05, 0.1) is 5.92 Å². The van der Waals surface area contributed by atoms with Crippen LogP contribution in [0.3, 0.4) is 0 Å². The Morgan fingerprint density at radius 1 is 0.415 bits per heavy atom. The van der Waals surface area contributed by atoms with E-state index in [1.807, 2.05) is 10.6 Å². The van der Waals surface area contributed by atoms with E-state index in [2.05, 4.69) is 33.9 Å². The summed E-state index contributed by atoms with van der Waals surface area (Å²) in [6, 6.07) is -8.85. The molecule has 0 fully saturated rings. The molecule has 0 heterocycles. The number of nitrogens with one attached hydrogen (secondary N) is 6. The SMILES string of the molecule is CC(=O)CC(CS)NC(=O)NC(CCC(=O)O)C(=O)O.CC(=O)CCC(NC(=O)NC(CCC(=O)O)C(=O)O)C(=O)O.CC(=O)CCC(NC(=S)NC(CCC(=O)O)C(=O)O)C(=O)O.CC(=O)CCP(=O)(O)CC(CCC(=O)O)C(=O)O.[HH].[HH].[HH].[HH].[HH].[HH]. The maximum absolute atomic E-state index is 11.7. The third-order valence-electron chi connectivity index (χ3n) is 9.99. The van der Waals surface area contributed by atoms with Crippen LogP contribution in [0.1, 0.15) is 126 Å². The molecule has 0 radical (unpaired) electrons. The van der Waals surface area contributed by atoms with Crippen LogP contribution in [0.4, 0.5) is 9.59 Å². The van der Waals surface area contributed by atoms with E-state index in [9.17, 15) is 86.2 Å². The van der Waals surface area contributed by atoms with Crippen molar-refractivity contribution in [3.05, 3.63) is 0 Å². The fraction of sp³-hybridized carbons (Fsp3) is 0.622. The van der Waals surface area contributed by atoms with E-state index < -0.39 is 134 Å². The highest BCUT2D eigenvalue weighted by atomic mass is 32.1. The zero-order chi connectivity index (χ0) is 64.6. The predicted octanol–water partition coefficient (Wildman–Crippen LogP) is 1.18. The van der Waals surface area contributed by atoms with Gasteiger partial charge in [-0.2, -0.15) is 12.6 Å². The van der Waals surface area contributed by atoms with Crippen molar-refractivity contribution in [3.8, 4) is 0 Å². The first-order chi connectivity index (χ1) is 37.7. The second-order valence-corrected chi connectivity index (χ2v) is 20.8. The number of amides is 4. The number of aliphatic carboxylic acids is 10. The van der Waals surface area contributed by atoms with Crippen LogP contribution >= 0.6 is 32.2 Å². The zero-order valence-corrected chi connectivity index (χ0v) is 47.3. The van der Waals surface area contributed by atoms with Crippen LogP contribution in [-0.2, 0) is 71.7 Å². The van der Waals surface area contributed by atoms with Gasteiger partial charge in [0.15, 0.2) is 5.11 Å². The molecule has 0 aliphatic heterocycles. The average Bonchev–Trinajstić information content (AvgIpc) is 3.33. The topological polar surface area (TPSA) is 585 Å². The molecule has 0 saturated carbocycles. The molecule has 0 aromatic carbocycles. The number of hydrogen-bond acceptors (Lipinski definition) is 19. The standard InChI is InChI=1S/C12H18N2O8.C12H18N2O7S.C11H18N2O6S.C10H17O7P.6H2/c2*1-6(15)2-3-7(10(18)19)13-12(22)14-8(11(20)21)4-5-9(16)17;1-6(14)4-7(5-20)12-11(19)13-8(10(17)18)2-3-9(15)16;1-7(11)4-5-18(16,17)6-8(10(14)15)2-3-9(12)13;;;;;;/h2*7-8H,2-5H2,1H3,(H,16,17)(H,18,19)(H,20,21)(H2,13,14,22);7-8,20H,2-5H2,1H3,(H,15,16)(H,17,18)(H2,12,13,19);8H,2-6H2,1H3,(H,12,13)(H,14,15)(H,16,17);6*1H. The van der Waals surface area contributed by atoms with Gasteiger partial charge in [-0.3, -0.25) is 33.3 Å². The minimum absolute atomic E-state index is 0. The van der Waals surface area contributed by atoms with Crippen LogP contribution < -0.4 is 31.9 Å². The van der Waals surface area contributed by atoms with Crippen molar-refractivity contribution in [1.82, 2.24) is 31.9 Å². The third kappa shape index (κ3) is 48.1. The van der Waals surface area contributed by atoms with E-state index in [0.717, 1.165) is 0 Å². The van der Waals surface area contributed by atoms with E-state index in [1.54, 1.807) is 0 Å². The van der Waals surface area contributed by atoms with Gasteiger partial charge in [-0.25, -0.2) is 33.6 Å². The maximum atomic E-state index is 11.7. The van der Waals surface area contributed by atoms with Crippen molar-refractivity contribution in [2.75, 3.05) is 18.1 Å². The first-order valence-electron chi connectivity index (χ1n) is 24.0. The van der Waals surface area contributed by atoms with Gasteiger partial charge >= 0.3 is 71.8 Å². The first-order valence-corrected chi connectivity index (χ1v) is 27.1. The lowest BCUT2D eigenvalue weighted by Crippen LogP contribution is -2.51. The molecule has 478 valence electrons. The molecule has 8 atom stereocenters. The minimum Gasteiger partial charge on any atom is -0.481 e. The molecule has 82 heavy (non-hydrogen) atoms. The summed E-state index contributed by atoms with van der Waals surface area (Å²) < 4.78 is 11.7. The number of thiol groups is 1. The lowest BCUT2D eigenvalue weighted by molar-refractivity contribution is -0.143. The molecule has 0 rings (SSSR count). The number of carbonyl (C=O) groups excluding carboxylic acids is 6. The monoisotopic (exact) mass is 1250 g/mol. The number of thiocarbonyl (C=S) groups is 1. The van der Waals surface area contributed by atoms with Gasteiger partial charge in [-0.05, 0) is 78.4 Å². The van der Waals surface area contributed by atoms with Crippen molar-refractivity contribution in [3.63, 3.8) is 0 Å². The first kappa shape index (κ1) is 80.6. The summed E-state index contributed by atoms with van der Waals surface area (Å²) >= 11 is 8.80. The number of hydrogen-bond donors (Lipinski definition) is 18. The Balaban J connectivity index is -0.000000113. The highest BCUT2D eigenvalue weighted by molar-refractivity contribution is 7.80. The molecule has 0 bridgehead atoms. The number of ketones is 4. The summed E-state index contributed by atoms with van der Waals surface area (Å²) in [5.41, 5.74) is 0. The average molecular weight is 1250 g/mol. The Hall–Kier alpha value is -7.85. The Bertz CT molecular complexity index is 2190. The lowest BCUT2D eigenvalue weighted by atomic mass is 10.1. The molecule has 17 N–H and O–H groups in total. The molecule has 8 unspecified atom stereocenters.